The quantitative estimate of drug-likeness (QED) is 0.430. The first-order valence-corrected chi connectivity index (χ1v) is 8.42. The summed E-state index contributed by atoms with van der Waals surface area (Å²) >= 11 is 0. The highest BCUT2D eigenvalue weighted by Crippen LogP contribution is 2.37. The third-order valence-electron chi connectivity index (χ3n) is 4.37. The van der Waals surface area contributed by atoms with Gasteiger partial charge in [0.25, 0.3) is 5.91 Å². The number of hydrogen-bond acceptors (Lipinski definition) is 4. The van der Waals surface area contributed by atoms with Gasteiger partial charge in [0.1, 0.15) is 5.75 Å². The van der Waals surface area contributed by atoms with Gasteiger partial charge in [-0.15, -0.1) is 0 Å². The molecule has 2 aromatic rings. The smallest absolute Gasteiger partial charge is 0.318 e. The van der Waals surface area contributed by atoms with Gasteiger partial charge < -0.3 is 25.3 Å². The molecule has 0 radical (unpaired) electrons. The number of ether oxygens (including phenoxy) is 1. The average Bonchev–Trinajstić information content (AvgIpc) is 3.22. The lowest BCUT2D eigenvalue weighted by molar-refractivity contribution is -0.154. The molecule has 3 rings (SSSR count). The first-order valence-electron chi connectivity index (χ1n) is 8.42. The molecule has 2 heterocycles. The van der Waals surface area contributed by atoms with Crippen LogP contribution in [0.1, 0.15) is 23.2 Å². The van der Waals surface area contributed by atoms with Gasteiger partial charge in [0.2, 0.25) is 0 Å². The van der Waals surface area contributed by atoms with Crippen LogP contribution in [0.2, 0.25) is 0 Å². The molecule has 0 fully saturated rings. The van der Waals surface area contributed by atoms with E-state index in [4.69, 9.17) is 14.9 Å². The van der Waals surface area contributed by atoms with E-state index in [1.54, 1.807) is 42.6 Å². The standard InChI is InChI=1S/C20H18N2O6/c1-28-16-8-9-21-15(16)10-13-17-11(5-3-7-14(17)22-18(13)23)4-2-6-12(19(24)25)20(26)27/h2-5,7-10,12,21H,6H2,1H3,(H,22,23)(H,24,25)(H,26,27)/b4-2?,13-10-. The van der Waals surface area contributed by atoms with Crippen LogP contribution in [0.4, 0.5) is 5.69 Å². The normalized spacial score (nSPS) is 14.5. The van der Waals surface area contributed by atoms with E-state index < -0.39 is 17.9 Å². The largest absolute Gasteiger partial charge is 0.495 e. The van der Waals surface area contributed by atoms with E-state index in [-0.39, 0.29) is 12.3 Å². The number of aliphatic carboxylic acids is 2. The molecule has 8 heteroatoms. The van der Waals surface area contributed by atoms with Crippen LogP contribution < -0.4 is 10.1 Å². The predicted molar refractivity (Wildman–Crippen MR) is 103 cm³/mol. The second kappa shape index (κ2) is 7.83. The first kappa shape index (κ1) is 19.0. The van der Waals surface area contributed by atoms with E-state index in [2.05, 4.69) is 10.3 Å². The number of hydrogen-bond donors (Lipinski definition) is 4. The van der Waals surface area contributed by atoms with Crippen molar-refractivity contribution in [3.63, 3.8) is 0 Å². The summed E-state index contributed by atoms with van der Waals surface area (Å²) in [6.45, 7) is 0. The molecule has 0 unspecified atom stereocenters. The van der Waals surface area contributed by atoms with Crippen LogP contribution >= 0.6 is 0 Å². The number of anilines is 1. The molecule has 28 heavy (non-hydrogen) atoms. The molecule has 0 spiro atoms. The molecule has 0 aliphatic carbocycles. The molecule has 1 amide bonds. The lowest BCUT2D eigenvalue weighted by atomic mass is 9.98. The lowest BCUT2D eigenvalue weighted by Crippen LogP contribution is -2.22. The molecular weight excluding hydrogens is 364 g/mol. The fraction of sp³-hybridized carbons (Fsp3) is 0.150. The number of carboxylic acid groups (broad SMARTS) is 2. The molecule has 1 aliphatic rings. The van der Waals surface area contributed by atoms with Crippen molar-refractivity contribution in [2.75, 3.05) is 12.4 Å². The van der Waals surface area contributed by atoms with Crippen LogP contribution in [0.25, 0.3) is 17.7 Å². The Balaban J connectivity index is 1.96. The molecule has 1 aromatic carbocycles. The average molecular weight is 382 g/mol. The molecule has 1 aliphatic heterocycles. The summed E-state index contributed by atoms with van der Waals surface area (Å²) in [5.41, 5.74) is 3.00. The number of allylic oxidation sites excluding steroid dienone is 1. The number of benzene rings is 1. The Bertz CT molecular complexity index is 988. The third kappa shape index (κ3) is 3.66. The second-order valence-corrected chi connectivity index (χ2v) is 6.11. The maximum absolute atomic E-state index is 12.5. The Labute approximate surface area is 160 Å². The number of nitrogens with one attached hydrogen (secondary N) is 2. The van der Waals surface area contributed by atoms with Crippen molar-refractivity contribution in [1.82, 2.24) is 4.98 Å². The number of aromatic nitrogens is 1. The van der Waals surface area contributed by atoms with Crippen LogP contribution in [0.3, 0.4) is 0 Å². The van der Waals surface area contributed by atoms with Crippen LogP contribution in [-0.2, 0) is 14.4 Å². The van der Waals surface area contributed by atoms with Gasteiger partial charge in [-0.05, 0) is 30.2 Å². The number of aromatic amines is 1. The van der Waals surface area contributed by atoms with Gasteiger partial charge in [-0.1, -0.05) is 24.3 Å². The Morgan fingerprint density at radius 3 is 2.64 bits per heavy atom. The highest BCUT2D eigenvalue weighted by atomic mass is 16.5. The molecule has 0 saturated carbocycles. The van der Waals surface area contributed by atoms with Crippen molar-refractivity contribution < 1.29 is 29.3 Å². The van der Waals surface area contributed by atoms with Gasteiger partial charge in [0.15, 0.2) is 5.92 Å². The maximum Gasteiger partial charge on any atom is 0.318 e. The van der Waals surface area contributed by atoms with E-state index in [1.165, 1.54) is 13.2 Å². The van der Waals surface area contributed by atoms with Gasteiger partial charge in [-0.2, -0.15) is 0 Å². The monoisotopic (exact) mass is 382 g/mol. The summed E-state index contributed by atoms with van der Waals surface area (Å²) in [5.74, 6) is -4.00. The van der Waals surface area contributed by atoms with E-state index in [0.29, 0.717) is 33.8 Å². The molecule has 8 nitrogen and oxygen atoms in total. The highest BCUT2D eigenvalue weighted by Gasteiger charge is 2.27. The molecule has 0 bridgehead atoms. The van der Waals surface area contributed by atoms with Crippen LogP contribution in [0.15, 0.2) is 36.5 Å². The van der Waals surface area contributed by atoms with Crippen molar-refractivity contribution in [3.05, 3.63) is 53.4 Å². The van der Waals surface area contributed by atoms with Crippen molar-refractivity contribution in [3.8, 4) is 5.75 Å². The minimum absolute atomic E-state index is 0.167. The van der Waals surface area contributed by atoms with E-state index in [9.17, 15) is 14.4 Å². The highest BCUT2D eigenvalue weighted by molar-refractivity contribution is 6.35. The number of carbonyl (C=O) groups excluding carboxylic acids is 1. The Hall–Kier alpha value is -3.81. The van der Waals surface area contributed by atoms with Gasteiger partial charge in [0, 0.05) is 17.4 Å². The van der Waals surface area contributed by atoms with Crippen molar-refractivity contribution in [2.45, 2.75) is 6.42 Å². The van der Waals surface area contributed by atoms with Gasteiger partial charge in [-0.25, -0.2) is 0 Å². The zero-order valence-electron chi connectivity index (χ0n) is 14.9. The molecule has 0 saturated heterocycles. The lowest BCUT2D eigenvalue weighted by Gasteiger charge is -2.06. The topological polar surface area (TPSA) is 129 Å². The van der Waals surface area contributed by atoms with Crippen LogP contribution in [-0.4, -0.2) is 40.2 Å². The number of carbonyl (C=O) groups is 3. The number of rotatable bonds is 7. The van der Waals surface area contributed by atoms with E-state index >= 15 is 0 Å². The summed E-state index contributed by atoms with van der Waals surface area (Å²) in [6.07, 6.45) is 6.31. The Morgan fingerprint density at radius 2 is 1.96 bits per heavy atom. The summed E-state index contributed by atoms with van der Waals surface area (Å²) in [4.78, 5) is 37.5. The Morgan fingerprint density at radius 1 is 1.21 bits per heavy atom. The first-order chi connectivity index (χ1) is 13.4. The zero-order valence-corrected chi connectivity index (χ0v) is 14.9. The molecule has 1 aromatic heterocycles. The number of H-pyrrole nitrogens is 1. The fourth-order valence-corrected chi connectivity index (χ4v) is 3.00. The predicted octanol–water partition coefficient (Wildman–Crippen LogP) is 2.70. The number of carboxylic acids is 2. The van der Waals surface area contributed by atoms with E-state index in [0.717, 1.165) is 0 Å². The van der Waals surface area contributed by atoms with Gasteiger partial charge in [-0.3, -0.25) is 14.4 Å². The summed E-state index contributed by atoms with van der Waals surface area (Å²) in [5, 5.41) is 20.7. The van der Waals surface area contributed by atoms with Gasteiger partial charge >= 0.3 is 11.9 Å². The third-order valence-corrected chi connectivity index (χ3v) is 4.37. The molecule has 144 valence electrons. The van der Waals surface area contributed by atoms with Crippen LogP contribution in [0.5, 0.6) is 5.75 Å². The number of fused-ring (bicyclic) bond motifs is 1. The summed E-state index contributed by atoms with van der Waals surface area (Å²) in [6, 6.07) is 7.02. The molecule has 4 N–H and O–H groups in total. The molecule has 0 atom stereocenters. The SMILES string of the molecule is COc1cc[nH]c1/C=C1\C(=O)Nc2cccc(C=CCC(C(=O)O)C(=O)O)c21. The fourth-order valence-electron chi connectivity index (χ4n) is 3.00. The van der Waals surface area contributed by atoms with Crippen molar-refractivity contribution >= 4 is 41.3 Å². The second-order valence-electron chi connectivity index (χ2n) is 6.11. The van der Waals surface area contributed by atoms with Crippen LogP contribution in [0, 0.1) is 5.92 Å². The number of amides is 1. The van der Waals surface area contributed by atoms with Gasteiger partial charge in [0.05, 0.1) is 18.4 Å². The minimum Gasteiger partial charge on any atom is -0.495 e. The van der Waals surface area contributed by atoms with Crippen molar-refractivity contribution in [2.24, 2.45) is 5.92 Å². The summed E-state index contributed by atoms with van der Waals surface area (Å²) < 4.78 is 5.25. The minimum atomic E-state index is -1.52. The Kier molecular flexibility index (Phi) is 5.30. The van der Waals surface area contributed by atoms with E-state index in [1.807, 2.05) is 0 Å². The number of methoxy groups -OCH3 is 1. The zero-order chi connectivity index (χ0) is 20.3. The van der Waals surface area contributed by atoms with Crippen molar-refractivity contribution in [1.29, 1.82) is 0 Å². The molecular formula is C20H18N2O6. The maximum atomic E-state index is 12.5. The summed E-state index contributed by atoms with van der Waals surface area (Å²) in [7, 11) is 1.53.